The second-order valence-corrected chi connectivity index (χ2v) is 5.41. The van der Waals surface area contributed by atoms with Crippen molar-refractivity contribution in [2.24, 2.45) is 0 Å². The van der Waals surface area contributed by atoms with Crippen molar-refractivity contribution in [2.45, 2.75) is 32.8 Å². The number of hydrogen-bond acceptors (Lipinski definition) is 3. The molecule has 0 fully saturated rings. The zero-order valence-corrected chi connectivity index (χ0v) is 11.0. The molecule has 0 amide bonds. The van der Waals surface area contributed by atoms with E-state index in [1.165, 1.54) is 11.1 Å². The Bertz CT molecular complexity index is 473. The second kappa shape index (κ2) is 5.43. The summed E-state index contributed by atoms with van der Waals surface area (Å²) < 4.78 is 0. The van der Waals surface area contributed by atoms with Crippen LogP contribution in [0.25, 0.3) is 0 Å². The SMILES string of the molecule is CC(C)c1ccc(Cc2nc(CO)cs2)cc1. The van der Waals surface area contributed by atoms with Gasteiger partial charge >= 0.3 is 0 Å². The summed E-state index contributed by atoms with van der Waals surface area (Å²) in [6, 6.07) is 8.69. The molecule has 1 N–H and O–H groups in total. The van der Waals surface area contributed by atoms with E-state index in [0.717, 1.165) is 17.1 Å². The van der Waals surface area contributed by atoms with Crippen LogP contribution in [0.3, 0.4) is 0 Å². The number of thiazole rings is 1. The topological polar surface area (TPSA) is 33.1 Å². The highest BCUT2D eigenvalue weighted by Crippen LogP contribution is 2.18. The normalized spacial score (nSPS) is 11.1. The number of benzene rings is 1. The van der Waals surface area contributed by atoms with Gasteiger partial charge in [0.2, 0.25) is 0 Å². The van der Waals surface area contributed by atoms with Gasteiger partial charge in [0.15, 0.2) is 0 Å². The fourth-order valence-corrected chi connectivity index (χ4v) is 2.52. The molecule has 0 radical (unpaired) electrons. The largest absolute Gasteiger partial charge is 0.390 e. The van der Waals surface area contributed by atoms with E-state index in [9.17, 15) is 0 Å². The van der Waals surface area contributed by atoms with Crippen LogP contribution in [0.2, 0.25) is 0 Å². The number of rotatable bonds is 4. The number of nitrogens with zero attached hydrogens (tertiary/aromatic N) is 1. The van der Waals surface area contributed by atoms with Crippen molar-refractivity contribution in [1.29, 1.82) is 0 Å². The fraction of sp³-hybridized carbons (Fsp3) is 0.357. The van der Waals surface area contributed by atoms with Crippen LogP contribution in [0.4, 0.5) is 0 Å². The zero-order valence-electron chi connectivity index (χ0n) is 10.2. The zero-order chi connectivity index (χ0) is 12.3. The highest BCUT2D eigenvalue weighted by Gasteiger charge is 2.03. The molecule has 2 rings (SSSR count). The Kier molecular flexibility index (Phi) is 3.92. The number of aliphatic hydroxyl groups is 1. The molecule has 1 aromatic carbocycles. The molecule has 90 valence electrons. The van der Waals surface area contributed by atoms with Gasteiger partial charge in [-0.1, -0.05) is 38.1 Å². The molecule has 0 unspecified atom stereocenters. The Morgan fingerprint density at radius 1 is 1.24 bits per heavy atom. The number of aromatic nitrogens is 1. The van der Waals surface area contributed by atoms with E-state index < -0.39 is 0 Å². The predicted molar refractivity (Wildman–Crippen MR) is 71.4 cm³/mol. The summed E-state index contributed by atoms with van der Waals surface area (Å²) in [7, 11) is 0. The van der Waals surface area contributed by atoms with Gasteiger partial charge in [0.25, 0.3) is 0 Å². The third kappa shape index (κ3) is 3.14. The lowest BCUT2D eigenvalue weighted by atomic mass is 10.0. The van der Waals surface area contributed by atoms with Crippen molar-refractivity contribution in [3.05, 3.63) is 51.5 Å². The first-order chi connectivity index (χ1) is 8.19. The maximum atomic E-state index is 8.96. The Hall–Kier alpha value is -1.19. The van der Waals surface area contributed by atoms with E-state index in [4.69, 9.17) is 5.11 Å². The van der Waals surface area contributed by atoms with E-state index in [2.05, 4.69) is 43.1 Å². The van der Waals surface area contributed by atoms with E-state index in [1.54, 1.807) is 11.3 Å². The maximum Gasteiger partial charge on any atom is 0.0973 e. The molecule has 0 saturated carbocycles. The lowest BCUT2D eigenvalue weighted by molar-refractivity contribution is 0.277. The molecule has 17 heavy (non-hydrogen) atoms. The van der Waals surface area contributed by atoms with Crippen molar-refractivity contribution in [2.75, 3.05) is 0 Å². The predicted octanol–water partition coefficient (Wildman–Crippen LogP) is 3.35. The molecular weight excluding hydrogens is 230 g/mol. The molecule has 2 aromatic rings. The minimum absolute atomic E-state index is 0.0305. The monoisotopic (exact) mass is 247 g/mol. The van der Waals surface area contributed by atoms with Gasteiger partial charge in [0, 0.05) is 11.8 Å². The fourth-order valence-electron chi connectivity index (χ4n) is 1.70. The first-order valence-corrected chi connectivity index (χ1v) is 6.70. The Morgan fingerprint density at radius 3 is 2.47 bits per heavy atom. The van der Waals surface area contributed by atoms with Crippen molar-refractivity contribution < 1.29 is 5.11 Å². The van der Waals surface area contributed by atoms with Crippen LogP contribution < -0.4 is 0 Å². The van der Waals surface area contributed by atoms with Crippen LogP contribution in [0, 0.1) is 0 Å². The van der Waals surface area contributed by atoms with E-state index in [0.29, 0.717) is 5.92 Å². The molecule has 0 bridgehead atoms. The van der Waals surface area contributed by atoms with Crippen molar-refractivity contribution in [1.82, 2.24) is 4.98 Å². The first-order valence-electron chi connectivity index (χ1n) is 5.82. The van der Waals surface area contributed by atoms with Gasteiger partial charge in [0.1, 0.15) is 0 Å². The number of hydrogen-bond donors (Lipinski definition) is 1. The lowest BCUT2D eigenvalue weighted by Crippen LogP contribution is -1.91. The molecule has 1 aromatic heterocycles. The average Bonchev–Trinajstić information content (AvgIpc) is 2.77. The van der Waals surface area contributed by atoms with Crippen molar-refractivity contribution >= 4 is 11.3 Å². The Balaban J connectivity index is 2.08. The van der Waals surface area contributed by atoms with Crippen LogP contribution in [-0.2, 0) is 13.0 Å². The Labute approximate surface area is 106 Å². The van der Waals surface area contributed by atoms with Crippen molar-refractivity contribution in [3.63, 3.8) is 0 Å². The molecule has 0 aliphatic rings. The summed E-state index contributed by atoms with van der Waals surface area (Å²) in [5.41, 5.74) is 3.40. The lowest BCUT2D eigenvalue weighted by Gasteiger charge is -2.05. The van der Waals surface area contributed by atoms with Gasteiger partial charge in [-0.3, -0.25) is 0 Å². The van der Waals surface area contributed by atoms with Gasteiger partial charge in [-0.05, 0) is 17.0 Å². The van der Waals surface area contributed by atoms with Crippen LogP contribution in [0.15, 0.2) is 29.6 Å². The van der Waals surface area contributed by atoms with E-state index >= 15 is 0 Å². The third-order valence-electron chi connectivity index (χ3n) is 2.76. The summed E-state index contributed by atoms with van der Waals surface area (Å²) in [5, 5.41) is 11.9. The van der Waals surface area contributed by atoms with Crippen LogP contribution in [-0.4, -0.2) is 10.1 Å². The molecule has 0 saturated heterocycles. The molecule has 0 aliphatic heterocycles. The molecular formula is C14H17NOS. The molecule has 3 heteroatoms. The molecule has 0 spiro atoms. The summed E-state index contributed by atoms with van der Waals surface area (Å²) in [6.07, 6.45) is 0.850. The van der Waals surface area contributed by atoms with Crippen LogP contribution in [0.1, 0.15) is 41.6 Å². The molecule has 1 heterocycles. The van der Waals surface area contributed by atoms with Gasteiger partial charge in [0.05, 0.1) is 17.3 Å². The molecule has 0 atom stereocenters. The van der Waals surface area contributed by atoms with Gasteiger partial charge in [-0.25, -0.2) is 4.98 Å². The summed E-state index contributed by atoms with van der Waals surface area (Å²) >= 11 is 1.61. The summed E-state index contributed by atoms with van der Waals surface area (Å²) in [5.74, 6) is 0.574. The summed E-state index contributed by atoms with van der Waals surface area (Å²) in [6.45, 7) is 4.43. The van der Waals surface area contributed by atoms with Crippen LogP contribution in [0.5, 0.6) is 0 Å². The molecule has 0 aliphatic carbocycles. The quantitative estimate of drug-likeness (QED) is 0.898. The third-order valence-corrected chi connectivity index (χ3v) is 3.66. The smallest absolute Gasteiger partial charge is 0.0973 e. The highest BCUT2D eigenvalue weighted by atomic mass is 32.1. The molecule has 2 nitrogen and oxygen atoms in total. The van der Waals surface area contributed by atoms with E-state index in [1.807, 2.05) is 5.38 Å². The summed E-state index contributed by atoms with van der Waals surface area (Å²) in [4.78, 5) is 4.35. The van der Waals surface area contributed by atoms with Gasteiger partial charge in [-0.15, -0.1) is 11.3 Å². The highest BCUT2D eigenvalue weighted by molar-refractivity contribution is 7.09. The minimum Gasteiger partial charge on any atom is -0.390 e. The second-order valence-electron chi connectivity index (χ2n) is 4.46. The number of aliphatic hydroxyl groups excluding tert-OH is 1. The maximum absolute atomic E-state index is 8.96. The first kappa shape index (κ1) is 12.3. The van der Waals surface area contributed by atoms with Gasteiger partial charge < -0.3 is 5.11 Å². The van der Waals surface area contributed by atoms with Crippen molar-refractivity contribution in [3.8, 4) is 0 Å². The minimum atomic E-state index is 0.0305. The average molecular weight is 247 g/mol. The Morgan fingerprint density at radius 2 is 1.94 bits per heavy atom. The van der Waals surface area contributed by atoms with Crippen LogP contribution >= 0.6 is 11.3 Å². The van der Waals surface area contributed by atoms with Gasteiger partial charge in [-0.2, -0.15) is 0 Å². The standard InChI is InChI=1S/C14H17NOS/c1-10(2)12-5-3-11(4-6-12)7-14-15-13(8-16)9-17-14/h3-6,9-10,16H,7-8H2,1-2H3. The van der Waals surface area contributed by atoms with E-state index in [-0.39, 0.29) is 6.61 Å².